The number of carbonyl (C=O) groups is 1. The van der Waals surface area contributed by atoms with Gasteiger partial charge >= 0.3 is 6.18 Å². The summed E-state index contributed by atoms with van der Waals surface area (Å²) in [6.07, 6.45) is -0.913. The number of hydrogen-bond acceptors (Lipinski definition) is 2. The van der Waals surface area contributed by atoms with E-state index in [1.165, 1.54) is 0 Å². The van der Waals surface area contributed by atoms with Crippen molar-refractivity contribution in [1.29, 1.82) is 0 Å². The molecule has 3 N–H and O–H groups in total. The van der Waals surface area contributed by atoms with Crippen LogP contribution in [-0.4, -0.2) is 25.2 Å². The van der Waals surface area contributed by atoms with Crippen LogP contribution in [-0.2, 0) is 4.79 Å². The molecule has 15 heavy (non-hydrogen) atoms. The lowest BCUT2D eigenvalue weighted by Crippen LogP contribution is -2.33. The number of nitrogens with two attached hydrogens (primary N) is 1. The molecule has 0 saturated heterocycles. The molecule has 0 atom stereocenters. The van der Waals surface area contributed by atoms with Gasteiger partial charge in [-0.1, -0.05) is 12.8 Å². The second-order valence-electron chi connectivity index (χ2n) is 3.34. The third-order valence-electron chi connectivity index (χ3n) is 1.84. The van der Waals surface area contributed by atoms with Crippen molar-refractivity contribution in [2.24, 2.45) is 5.73 Å². The van der Waals surface area contributed by atoms with E-state index in [-0.39, 0.29) is 6.42 Å². The van der Waals surface area contributed by atoms with Gasteiger partial charge in [-0.25, -0.2) is 0 Å². The Morgan fingerprint density at radius 1 is 1.13 bits per heavy atom. The molecule has 0 aliphatic carbocycles. The Kier molecular flexibility index (Phi) is 7.11. The Bertz CT molecular complexity index is 183. The maximum atomic E-state index is 11.7. The molecule has 0 spiro atoms. The molecule has 0 aliphatic rings. The quantitative estimate of drug-likeness (QED) is 0.647. The summed E-state index contributed by atoms with van der Waals surface area (Å²) in [5, 5.41) is 1.82. The lowest BCUT2D eigenvalue weighted by atomic mass is 10.1. The van der Waals surface area contributed by atoms with Gasteiger partial charge in [-0.15, -0.1) is 0 Å². The van der Waals surface area contributed by atoms with Crippen LogP contribution in [0.15, 0.2) is 0 Å². The first-order valence-electron chi connectivity index (χ1n) is 4.99. The Labute approximate surface area is 87.2 Å². The molecular formula is C9H17F3N2O. The number of rotatable bonds is 7. The van der Waals surface area contributed by atoms with E-state index in [4.69, 9.17) is 5.73 Å². The van der Waals surface area contributed by atoms with Crippen molar-refractivity contribution in [3.8, 4) is 0 Å². The van der Waals surface area contributed by atoms with Crippen LogP contribution in [0.1, 0.15) is 32.1 Å². The van der Waals surface area contributed by atoms with Crippen LogP contribution < -0.4 is 11.1 Å². The molecule has 0 rings (SSSR count). The van der Waals surface area contributed by atoms with E-state index >= 15 is 0 Å². The molecule has 0 aliphatic heterocycles. The maximum absolute atomic E-state index is 11.7. The maximum Gasteiger partial charge on any atom is 0.405 e. The van der Waals surface area contributed by atoms with Gasteiger partial charge in [0, 0.05) is 6.42 Å². The predicted octanol–water partition coefficient (Wildman–Crippen LogP) is 1.57. The summed E-state index contributed by atoms with van der Waals surface area (Å²) in [6, 6.07) is 0. The molecule has 0 bridgehead atoms. The first kappa shape index (κ1) is 14.2. The average Bonchev–Trinajstić information content (AvgIpc) is 2.13. The van der Waals surface area contributed by atoms with Crippen molar-refractivity contribution in [3.05, 3.63) is 0 Å². The molecule has 0 saturated carbocycles. The monoisotopic (exact) mass is 226 g/mol. The van der Waals surface area contributed by atoms with Gasteiger partial charge < -0.3 is 11.1 Å². The molecular weight excluding hydrogens is 209 g/mol. The highest BCUT2D eigenvalue weighted by Gasteiger charge is 2.27. The molecule has 3 nitrogen and oxygen atoms in total. The first-order chi connectivity index (χ1) is 6.95. The first-order valence-corrected chi connectivity index (χ1v) is 4.99. The molecule has 0 radical (unpaired) electrons. The standard InChI is InChI=1S/C9H17F3N2O/c10-9(11,12)7-14-8(15)5-3-1-2-4-6-13/h1-7,13H2,(H,14,15). The highest BCUT2D eigenvalue weighted by atomic mass is 19.4. The zero-order valence-electron chi connectivity index (χ0n) is 8.57. The molecule has 1 amide bonds. The van der Waals surface area contributed by atoms with Crippen LogP contribution in [0.4, 0.5) is 13.2 Å². The van der Waals surface area contributed by atoms with E-state index in [0.717, 1.165) is 19.3 Å². The molecule has 0 heterocycles. The van der Waals surface area contributed by atoms with E-state index < -0.39 is 18.6 Å². The highest BCUT2D eigenvalue weighted by molar-refractivity contribution is 5.75. The minimum absolute atomic E-state index is 0.153. The second-order valence-corrected chi connectivity index (χ2v) is 3.34. The summed E-state index contributed by atoms with van der Waals surface area (Å²) in [5.41, 5.74) is 5.26. The summed E-state index contributed by atoms with van der Waals surface area (Å²) in [6.45, 7) is -0.630. The van der Waals surface area contributed by atoms with Crippen LogP contribution in [0, 0.1) is 0 Å². The van der Waals surface area contributed by atoms with Gasteiger partial charge in [0.15, 0.2) is 0 Å². The summed E-state index contributed by atoms with van der Waals surface area (Å²) >= 11 is 0. The number of alkyl halides is 3. The van der Waals surface area contributed by atoms with Gasteiger partial charge in [0.05, 0.1) is 0 Å². The van der Waals surface area contributed by atoms with Crippen LogP contribution in [0.3, 0.4) is 0 Å². The zero-order valence-corrected chi connectivity index (χ0v) is 8.57. The summed E-state index contributed by atoms with van der Waals surface area (Å²) in [5.74, 6) is -0.542. The third kappa shape index (κ3) is 11.1. The highest BCUT2D eigenvalue weighted by Crippen LogP contribution is 2.12. The third-order valence-corrected chi connectivity index (χ3v) is 1.84. The minimum Gasteiger partial charge on any atom is -0.347 e. The second kappa shape index (κ2) is 7.50. The molecule has 0 fully saturated rings. The Hall–Kier alpha value is -0.780. The predicted molar refractivity (Wildman–Crippen MR) is 51.2 cm³/mol. The number of amides is 1. The van der Waals surface area contributed by atoms with Gasteiger partial charge in [0.25, 0.3) is 0 Å². The normalized spacial score (nSPS) is 11.5. The van der Waals surface area contributed by atoms with E-state index in [0.29, 0.717) is 13.0 Å². The minimum atomic E-state index is -4.32. The lowest BCUT2D eigenvalue weighted by Gasteiger charge is -2.07. The van der Waals surface area contributed by atoms with E-state index in [2.05, 4.69) is 0 Å². The summed E-state index contributed by atoms with van der Waals surface area (Å²) in [7, 11) is 0. The molecule has 6 heteroatoms. The number of nitrogens with one attached hydrogen (secondary N) is 1. The zero-order chi connectivity index (χ0) is 11.7. The van der Waals surface area contributed by atoms with Crippen molar-refractivity contribution in [2.75, 3.05) is 13.1 Å². The van der Waals surface area contributed by atoms with Crippen LogP contribution >= 0.6 is 0 Å². The molecule has 90 valence electrons. The topological polar surface area (TPSA) is 55.1 Å². The van der Waals surface area contributed by atoms with Crippen molar-refractivity contribution >= 4 is 5.91 Å². The van der Waals surface area contributed by atoms with E-state index in [1.54, 1.807) is 0 Å². The smallest absolute Gasteiger partial charge is 0.347 e. The number of halogens is 3. The fourth-order valence-electron chi connectivity index (χ4n) is 1.07. The largest absolute Gasteiger partial charge is 0.405 e. The van der Waals surface area contributed by atoms with Gasteiger partial charge in [-0.05, 0) is 19.4 Å². The fraction of sp³-hybridized carbons (Fsp3) is 0.889. The number of unbranched alkanes of at least 4 members (excludes halogenated alkanes) is 3. The average molecular weight is 226 g/mol. The van der Waals surface area contributed by atoms with Gasteiger partial charge in [-0.2, -0.15) is 13.2 Å². The molecule has 0 aromatic heterocycles. The van der Waals surface area contributed by atoms with Gasteiger partial charge in [0.1, 0.15) is 6.54 Å². The van der Waals surface area contributed by atoms with Crippen molar-refractivity contribution in [2.45, 2.75) is 38.3 Å². The number of carbonyl (C=O) groups excluding carboxylic acids is 1. The van der Waals surface area contributed by atoms with Crippen LogP contribution in [0.5, 0.6) is 0 Å². The fourth-order valence-corrected chi connectivity index (χ4v) is 1.07. The van der Waals surface area contributed by atoms with Gasteiger partial charge in [-0.3, -0.25) is 4.79 Å². The van der Waals surface area contributed by atoms with Crippen molar-refractivity contribution < 1.29 is 18.0 Å². The summed E-state index contributed by atoms with van der Waals surface area (Å²) in [4.78, 5) is 10.9. The van der Waals surface area contributed by atoms with Crippen LogP contribution in [0.25, 0.3) is 0 Å². The van der Waals surface area contributed by atoms with E-state index in [1.807, 2.05) is 5.32 Å². The number of hydrogen-bond donors (Lipinski definition) is 2. The summed E-state index contributed by atoms with van der Waals surface area (Å²) < 4.78 is 35.0. The Morgan fingerprint density at radius 2 is 1.73 bits per heavy atom. The Balaban J connectivity index is 3.34. The van der Waals surface area contributed by atoms with Crippen LogP contribution in [0.2, 0.25) is 0 Å². The van der Waals surface area contributed by atoms with E-state index in [9.17, 15) is 18.0 Å². The van der Waals surface area contributed by atoms with Crippen molar-refractivity contribution in [3.63, 3.8) is 0 Å². The molecule has 0 aromatic carbocycles. The van der Waals surface area contributed by atoms with Gasteiger partial charge in [0.2, 0.25) is 5.91 Å². The molecule has 0 unspecified atom stereocenters. The molecule has 0 aromatic rings. The SMILES string of the molecule is NCCCCCCC(=O)NCC(F)(F)F. The lowest BCUT2D eigenvalue weighted by molar-refractivity contribution is -0.138. The van der Waals surface area contributed by atoms with Crippen molar-refractivity contribution in [1.82, 2.24) is 5.32 Å². The Morgan fingerprint density at radius 3 is 2.27 bits per heavy atom.